The van der Waals surface area contributed by atoms with E-state index in [4.69, 9.17) is 10.5 Å². The van der Waals surface area contributed by atoms with Crippen LogP contribution in [0.25, 0.3) is 0 Å². The summed E-state index contributed by atoms with van der Waals surface area (Å²) >= 11 is 1.41. The van der Waals surface area contributed by atoms with Crippen LogP contribution in [0.15, 0.2) is 10.3 Å². The fourth-order valence-electron chi connectivity index (χ4n) is 2.47. The molecule has 122 valence electrons. The molecule has 0 saturated carbocycles. The van der Waals surface area contributed by atoms with E-state index in [1.54, 1.807) is 11.4 Å². The number of thiophene rings is 1. The highest BCUT2D eigenvalue weighted by molar-refractivity contribution is 7.89. The van der Waals surface area contributed by atoms with E-state index in [0.29, 0.717) is 18.0 Å². The Morgan fingerprint density at radius 3 is 2.48 bits per heavy atom. The van der Waals surface area contributed by atoms with Gasteiger partial charge in [0, 0.05) is 31.1 Å². The lowest BCUT2D eigenvalue weighted by atomic mass is 10.2. The first-order valence-electron chi connectivity index (χ1n) is 7.21. The van der Waals surface area contributed by atoms with Crippen molar-refractivity contribution >= 4 is 21.4 Å². The van der Waals surface area contributed by atoms with Gasteiger partial charge >= 0.3 is 0 Å². The van der Waals surface area contributed by atoms with Gasteiger partial charge in [-0.2, -0.15) is 4.31 Å². The third-order valence-corrected chi connectivity index (χ3v) is 7.05. The van der Waals surface area contributed by atoms with E-state index in [1.165, 1.54) is 11.3 Å². The molecular formula is C14H26N2O3S2. The highest BCUT2D eigenvalue weighted by atomic mass is 32.2. The molecule has 1 aromatic heterocycles. The number of aryl methyl sites for hydroxylation is 1. The lowest BCUT2D eigenvalue weighted by Gasteiger charge is -2.29. The first kappa shape index (κ1) is 18.6. The van der Waals surface area contributed by atoms with Crippen molar-refractivity contribution < 1.29 is 13.2 Å². The number of sulfonamides is 1. The van der Waals surface area contributed by atoms with Crippen LogP contribution in [-0.4, -0.2) is 39.0 Å². The monoisotopic (exact) mass is 334 g/mol. The van der Waals surface area contributed by atoms with Gasteiger partial charge in [-0.05, 0) is 30.7 Å². The van der Waals surface area contributed by atoms with Crippen molar-refractivity contribution in [1.29, 1.82) is 0 Å². The summed E-state index contributed by atoms with van der Waals surface area (Å²) in [6, 6.07) is -0.0184. The lowest BCUT2D eigenvalue weighted by Crippen LogP contribution is -2.42. The number of ether oxygens (including phenoxy) is 1. The van der Waals surface area contributed by atoms with E-state index in [1.807, 2.05) is 26.2 Å². The van der Waals surface area contributed by atoms with Gasteiger partial charge in [0.05, 0.1) is 6.61 Å². The van der Waals surface area contributed by atoms with Crippen molar-refractivity contribution in [2.24, 2.45) is 5.73 Å². The van der Waals surface area contributed by atoms with Crippen LogP contribution in [0.5, 0.6) is 0 Å². The predicted octanol–water partition coefficient (Wildman–Crippen LogP) is 2.34. The summed E-state index contributed by atoms with van der Waals surface area (Å²) < 4.78 is 32.8. The van der Waals surface area contributed by atoms with Crippen molar-refractivity contribution in [1.82, 2.24) is 4.31 Å². The maximum Gasteiger partial charge on any atom is 0.244 e. The molecule has 0 aliphatic rings. The molecule has 0 fully saturated rings. The number of hydrogen-bond donors (Lipinski definition) is 1. The second kappa shape index (κ2) is 8.24. The van der Waals surface area contributed by atoms with Gasteiger partial charge in [0.2, 0.25) is 10.0 Å². The summed E-state index contributed by atoms with van der Waals surface area (Å²) in [5.41, 5.74) is 6.48. The second-order valence-corrected chi connectivity index (χ2v) is 7.75. The fourth-order valence-corrected chi connectivity index (χ4v) is 5.88. The Morgan fingerprint density at radius 2 is 2.00 bits per heavy atom. The van der Waals surface area contributed by atoms with Crippen LogP contribution in [0.2, 0.25) is 0 Å². The zero-order valence-electron chi connectivity index (χ0n) is 13.3. The molecule has 0 aliphatic heterocycles. The number of rotatable bonds is 9. The average Bonchev–Trinajstić information content (AvgIpc) is 2.85. The molecule has 0 aromatic carbocycles. The highest BCUT2D eigenvalue weighted by Crippen LogP contribution is 2.31. The maximum atomic E-state index is 13.1. The Labute approximate surface area is 132 Å². The first-order valence-corrected chi connectivity index (χ1v) is 9.53. The molecular weight excluding hydrogens is 308 g/mol. The van der Waals surface area contributed by atoms with E-state index >= 15 is 0 Å². The van der Waals surface area contributed by atoms with Gasteiger partial charge in [-0.3, -0.25) is 0 Å². The van der Waals surface area contributed by atoms with Crippen LogP contribution in [0.1, 0.15) is 37.1 Å². The Bertz CT molecular complexity index is 536. The van der Waals surface area contributed by atoms with Crippen molar-refractivity contribution in [3.63, 3.8) is 0 Å². The summed E-state index contributed by atoms with van der Waals surface area (Å²) in [4.78, 5) is 1.11. The van der Waals surface area contributed by atoms with Crippen LogP contribution in [0.3, 0.4) is 0 Å². The fraction of sp³-hybridized carbons (Fsp3) is 0.714. The van der Waals surface area contributed by atoms with Gasteiger partial charge in [-0.25, -0.2) is 8.42 Å². The topological polar surface area (TPSA) is 72.6 Å². The molecule has 0 radical (unpaired) electrons. The van der Waals surface area contributed by atoms with E-state index < -0.39 is 10.0 Å². The van der Waals surface area contributed by atoms with E-state index in [9.17, 15) is 8.42 Å². The minimum atomic E-state index is -3.54. The third-order valence-electron chi connectivity index (χ3n) is 3.61. The normalized spacial score (nSPS) is 12.5. The summed E-state index contributed by atoms with van der Waals surface area (Å²) in [5.74, 6) is 0. The van der Waals surface area contributed by atoms with Crippen LogP contribution in [0.4, 0.5) is 0 Å². The number of nitrogens with two attached hydrogens (primary N) is 1. The van der Waals surface area contributed by atoms with Crippen molar-refractivity contribution in [3.05, 3.63) is 15.8 Å². The summed E-state index contributed by atoms with van der Waals surface area (Å²) in [7, 11) is -1.96. The van der Waals surface area contributed by atoms with Crippen LogP contribution < -0.4 is 5.73 Å². The molecule has 0 saturated heterocycles. The molecule has 0 aliphatic carbocycles. The third kappa shape index (κ3) is 4.04. The molecule has 5 nitrogen and oxygen atoms in total. The van der Waals surface area contributed by atoms with Gasteiger partial charge < -0.3 is 10.5 Å². The van der Waals surface area contributed by atoms with Gasteiger partial charge in [-0.1, -0.05) is 13.8 Å². The van der Waals surface area contributed by atoms with Gasteiger partial charge in [0.15, 0.2) is 0 Å². The highest BCUT2D eigenvalue weighted by Gasteiger charge is 2.33. The predicted molar refractivity (Wildman–Crippen MR) is 87.1 cm³/mol. The molecule has 2 N–H and O–H groups in total. The van der Waals surface area contributed by atoms with Crippen molar-refractivity contribution in [2.45, 2.75) is 51.1 Å². The minimum absolute atomic E-state index is 0.0184. The summed E-state index contributed by atoms with van der Waals surface area (Å²) in [5, 5.41) is 1.86. The zero-order chi connectivity index (χ0) is 16.0. The Kier molecular flexibility index (Phi) is 7.29. The second-order valence-electron chi connectivity index (χ2n) is 4.95. The van der Waals surface area contributed by atoms with Crippen molar-refractivity contribution in [3.8, 4) is 0 Å². The van der Waals surface area contributed by atoms with E-state index in [2.05, 4.69) is 0 Å². The van der Waals surface area contributed by atoms with Crippen molar-refractivity contribution in [2.75, 3.05) is 20.3 Å². The molecule has 0 spiro atoms. The van der Waals surface area contributed by atoms with Crippen LogP contribution in [-0.2, 0) is 21.3 Å². The Hall–Kier alpha value is -0.470. The molecule has 1 heterocycles. The van der Waals surface area contributed by atoms with Gasteiger partial charge in [0.25, 0.3) is 0 Å². The quantitative estimate of drug-likeness (QED) is 0.752. The molecule has 0 bridgehead atoms. The molecule has 1 aromatic rings. The Morgan fingerprint density at radius 1 is 1.38 bits per heavy atom. The standard InChI is InChI=1S/C14H26N2O3S2/c1-5-12(6-2)16(7-8-19-4)21(17,18)14-11(3)10-20-13(14)9-15/h10,12H,5-9,15H2,1-4H3. The van der Waals surface area contributed by atoms with E-state index in [0.717, 1.165) is 23.3 Å². The molecule has 7 heteroatoms. The Balaban J connectivity index is 3.29. The molecule has 0 amide bonds. The smallest absolute Gasteiger partial charge is 0.244 e. The largest absolute Gasteiger partial charge is 0.383 e. The zero-order valence-corrected chi connectivity index (χ0v) is 14.9. The van der Waals surface area contributed by atoms with Crippen LogP contribution >= 0.6 is 11.3 Å². The molecule has 21 heavy (non-hydrogen) atoms. The number of hydrogen-bond acceptors (Lipinski definition) is 5. The first-order chi connectivity index (χ1) is 9.93. The minimum Gasteiger partial charge on any atom is -0.383 e. The van der Waals surface area contributed by atoms with Crippen LogP contribution in [0, 0.1) is 6.92 Å². The molecule has 0 atom stereocenters. The summed E-state index contributed by atoms with van der Waals surface area (Å²) in [6.45, 7) is 6.83. The lowest BCUT2D eigenvalue weighted by molar-refractivity contribution is 0.163. The number of nitrogens with zero attached hydrogens (tertiary/aromatic N) is 1. The SMILES string of the molecule is CCC(CC)N(CCOC)S(=O)(=O)c1c(C)csc1CN. The average molecular weight is 335 g/mol. The number of methoxy groups -OCH3 is 1. The van der Waals surface area contributed by atoms with E-state index in [-0.39, 0.29) is 12.6 Å². The molecule has 1 rings (SSSR count). The van der Waals surface area contributed by atoms with Gasteiger partial charge in [-0.15, -0.1) is 11.3 Å². The summed E-state index contributed by atoms with van der Waals surface area (Å²) in [6.07, 6.45) is 1.56. The maximum absolute atomic E-state index is 13.1. The molecule has 0 unspecified atom stereocenters. The van der Waals surface area contributed by atoms with Gasteiger partial charge in [0.1, 0.15) is 4.90 Å².